The van der Waals surface area contributed by atoms with E-state index in [9.17, 15) is 13.2 Å². The number of nitrogens with one attached hydrogen (secondary N) is 1. The van der Waals surface area contributed by atoms with Crippen molar-refractivity contribution in [3.63, 3.8) is 0 Å². The van der Waals surface area contributed by atoms with Crippen LogP contribution in [0.5, 0.6) is 0 Å². The van der Waals surface area contributed by atoms with E-state index in [-0.39, 0.29) is 5.56 Å². The van der Waals surface area contributed by atoms with Gasteiger partial charge in [-0.25, -0.2) is 18.6 Å². The van der Waals surface area contributed by atoms with Gasteiger partial charge in [-0.05, 0) is 23.3 Å². The zero-order valence-electron chi connectivity index (χ0n) is 9.33. The lowest BCUT2D eigenvalue weighted by molar-refractivity contribution is 0.442. The van der Waals surface area contributed by atoms with Gasteiger partial charge in [-0.15, -0.1) is 0 Å². The maximum atomic E-state index is 13.2. The van der Waals surface area contributed by atoms with Gasteiger partial charge in [-0.2, -0.15) is 0 Å². The Balaban J connectivity index is 2.46. The quantitative estimate of drug-likeness (QED) is 0.500. The van der Waals surface area contributed by atoms with Crippen molar-refractivity contribution in [2.75, 3.05) is 0 Å². The molecule has 0 heterocycles. The number of hydrogen-bond acceptors (Lipinski definition) is 2. The molecule has 0 saturated carbocycles. The van der Waals surface area contributed by atoms with Gasteiger partial charge in [0.25, 0.3) is 0 Å². The van der Waals surface area contributed by atoms with Crippen LogP contribution in [0.4, 0.5) is 13.2 Å². The summed E-state index contributed by atoms with van der Waals surface area (Å²) in [7, 11) is 0. The molecule has 0 spiro atoms. The van der Waals surface area contributed by atoms with Crippen molar-refractivity contribution in [2.24, 2.45) is 5.84 Å². The molecule has 2 rings (SSSR count). The van der Waals surface area contributed by atoms with Gasteiger partial charge in [0.05, 0.1) is 6.04 Å². The topological polar surface area (TPSA) is 38.0 Å². The molecule has 0 fully saturated rings. The van der Waals surface area contributed by atoms with Gasteiger partial charge in [0.15, 0.2) is 17.5 Å². The minimum Gasteiger partial charge on any atom is -0.271 e. The average Bonchev–Trinajstić information content (AvgIpc) is 2.38. The zero-order valence-corrected chi connectivity index (χ0v) is 9.33. The van der Waals surface area contributed by atoms with E-state index in [1.54, 1.807) is 24.3 Å². The normalized spacial score (nSPS) is 12.4. The Morgan fingerprint density at radius 3 is 1.94 bits per heavy atom. The van der Waals surface area contributed by atoms with E-state index in [1.165, 1.54) is 0 Å². The standard InChI is InChI=1S/C13H11F3N2/c14-10-6-9(7-11(15)12(10)16)13(18-17)8-4-2-1-3-5-8/h1-7,13,18H,17H2/t13-/m1/s1. The van der Waals surface area contributed by atoms with Gasteiger partial charge in [0, 0.05) is 0 Å². The van der Waals surface area contributed by atoms with Gasteiger partial charge in [0.2, 0.25) is 0 Å². The molecule has 94 valence electrons. The number of benzene rings is 2. The second kappa shape index (κ2) is 5.20. The molecular weight excluding hydrogens is 241 g/mol. The second-order valence-corrected chi connectivity index (χ2v) is 3.81. The van der Waals surface area contributed by atoms with Crippen LogP contribution in [-0.4, -0.2) is 0 Å². The van der Waals surface area contributed by atoms with Crippen LogP contribution < -0.4 is 11.3 Å². The Morgan fingerprint density at radius 1 is 0.889 bits per heavy atom. The molecule has 0 amide bonds. The molecule has 0 bridgehead atoms. The van der Waals surface area contributed by atoms with Gasteiger partial charge in [0.1, 0.15) is 0 Å². The first-order valence-corrected chi connectivity index (χ1v) is 5.29. The third-order valence-corrected chi connectivity index (χ3v) is 2.64. The Kier molecular flexibility index (Phi) is 3.64. The lowest BCUT2D eigenvalue weighted by Crippen LogP contribution is -2.29. The van der Waals surface area contributed by atoms with Crippen molar-refractivity contribution in [1.82, 2.24) is 5.43 Å². The first-order valence-electron chi connectivity index (χ1n) is 5.29. The van der Waals surface area contributed by atoms with Crippen molar-refractivity contribution in [1.29, 1.82) is 0 Å². The van der Waals surface area contributed by atoms with Crippen LogP contribution in [0.3, 0.4) is 0 Å². The monoisotopic (exact) mass is 252 g/mol. The minimum atomic E-state index is -1.48. The molecule has 0 aliphatic heterocycles. The van der Waals surface area contributed by atoms with Gasteiger partial charge < -0.3 is 0 Å². The molecule has 0 aliphatic rings. The Hall–Kier alpha value is -1.85. The fraction of sp³-hybridized carbons (Fsp3) is 0.0769. The van der Waals surface area contributed by atoms with Crippen LogP contribution in [0.2, 0.25) is 0 Å². The summed E-state index contributed by atoms with van der Waals surface area (Å²) in [5.41, 5.74) is 3.40. The first-order chi connectivity index (χ1) is 8.63. The molecule has 0 unspecified atom stereocenters. The van der Waals surface area contributed by atoms with Crippen LogP contribution in [0.25, 0.3) is 0 Å². The maximum absolute atomic E-state index is 13.2. The van der Waals surface area contributed by atoms with Crippen molar-refractivity contribution in [2.45, 2.75) is 6.04 Å². The van der Waals surface area contributed by atoms with Crippen LogP contribution in [0.1, 0.15) is 17.2 Å². The lowest BCUT2D eigenvalue weighted by Gasteiger charge is -2.17. The number of hydrazine groups is 1. The molecule has 0 radical (unpaired) electrons. The summed E-state index contributed by atoms with van der Waals surface area (Å²) in [6.45, 7) is 0. The highest BCUT2D eigenvalue weighted by atomic mass is 19.2. The predicted octanol–water partition coefficient (Wildman–Crippen LogP) is 2.66. The summed E-state index contributed by atoms with van der Waals surface area (Å²) < 4.78 is 39.2. The molecule has 3 N–H and O–H groups in total. The highest BCUT2D eigenvalue weighted by Crippen LogP contribution is 2.24. The summed E-state index contributed by atoms with van der Waals surface area (Å²) in [5, 5.41) is 0. The van der Waals surface area contributed by atoms with Crippen molar-refractivity contribution >= 4 is 0 Å². The Bertz CT molecular complexity index is 520. The van der Waals surface area contributed by atoms with E-state index in [0.29, 0.717) is 0 Å². The minimum absolute atomic E-state index is 0.222. The maximum Gasteiger partial charge on any atom is 0.194 e. The van der Waals surface area contributed by atoms with E-state index in [0.717, 1.165) is 17.7 Å². The summed E-state index contributed by atoms with van der Waals surface area (Å²) in [6.07, 6.45) is 0. The van der Waals surface area contributed by atoms with Crippen molar-refractivity contribution in [3.05, 3.63) is 71.0 Å². The lowest BCUT2D eigenvalue weighted by atomic mass is 9.99. The molecule has 1 atom stereocenters. The summed E-state index contributed by atoms with van der Waals surface area (Å²) >= 11 is 0. The van der Waals surface area contributed by atoms with Crippen LogP contribution in [0, 0.1) is 17.5 Å². The van der Waals surface area contributed by atoms with Gasteiger partial charge in [-0.1, -0.05) is 30.3 Å². The van der Waals surface area contributed by atoms with E-state index in [4.69, 9.17) is 5.84 Å². The molecule has 18 heavy (non-hydrogen) atoms. The van der Waals surface area contributed by atoms with Crippen LogP contribution in [0.15, 0.2) is 42.5 Å². The first kappa shape index (κ1) is 12.6. The number of hydrogen-bond donors (Lipinski definition) is 2. The zero-order chi connectivity index (χ0) is 13.1. The molecule has 0 aromatic heterocycles. The van der Waals surface area contributed by atoms with Crippen molar-refractivity contribution in [3.8, 4) is 0 Å². The summed E-state index contributed by atoms with van der Waals surface area (Å²) in [4.78, 5) is 0. The molecule has 5 heteroatoms. The van der Waals surface area contributed by atoms with E-state index in [1.807, 2.05) is 6.07 Å². The Morgan fingerprint density at radius 2 is 1.44 bits per heavy atom. The molecule has 2 aromatic carbocycles. The Labute approximate surface area is 102 Å². The number of rotatable bonds is 3. The molecular formula is C13H11F3N2. The fourth-order valence-electron chi connectivity index (χ4n) is 1.77. The molecule has 0 aliphatic carbocycles. The number of halogens is 3. The van der Waals surface area contributed by atoms with E-state index in [2.05, 4.69) is 5.43 Å². The highest BCUT2D eigenvalue weighted by Gasteiger charge is 2.17. The summed E-state index contributed by atoms with van der Waals surface area (Å²) in [5.74, 6) is 1.43. The molecule has 0 saturated heterocycles. The molecule has 2 aromatic rings. The number of nitrogens with two attached hydrogens (primary N) is 1. The third-order valence-electron chi connectivity index (χ3n) is 2.64. The second-order valence-electron chi connectivity index (χ2n) is 3.81. The van der Waals surface area contributed by atoms with E-state index < -0.39 is 23.5 Å². The predicted molar refractivity (Wildman–Crippen MR) is 61.9 cm³/mol. The third kappa shape index (κ3) is 2.37. The molecule has 2 nitrogen and oxygen atoms in total. The largest absolute Gasteiger partial charge is 0.271 e. The summed E-state index contributed by atoms with van der Waals surface area (Å²) in [6, 6.07) is 10.1. The smallest absolute Gasteiger partial charge is 0.194 e. The SMILES string of the molecule is NN[C@H](c1ccccc1)c1cc(F)c(F)c(F)c1. The van der Waals surface area contributed by atoms with Gasteiger partial charge >= 0.3 is 0 Å². The average molecular weight is 252 g/mol. The van der Waals surface area contributed by atoms with Gasteiger partial charge in [-0.3, -0.25) is 5.84 Å². The van der Waals surface area contributed by atoms with Crippen LogP contribution >= 0.6 is 0 Å². The van der Waals surface area contributed by atoms with E-state index >= 15 is 0 Å². The fourth-order valence-corrected chi connectivity index (χ4v) is 1.77. The van der Waals surface area contributed by atoms with Crippen molar-refractivity contribution < 1.29 is 13.2 Å². The van der Waals surface area contributed by atoms with Crippen LogP contribution in [-0.2, 0) is 0 Å². The highest BCUT2D eigenvalue weighted by molar-refractivity contribution is 5.32.